The number of piperazine rings is 1. The van der Waals surface area contributed by atoms with Gasteiger partial charge >= 0.3 is 0 Å². The zero-order chi connectivity index (χ0) is 24.1. The summed E-state index contributed by atoms with van der Waals surface area (Å²) in [5, 5.41) is 0. The zero-order valence-corrected chi connectivity index (χ0v) is 20.8. The Bertz CT molecular complexity index is 1050. The molecule has 34 heavy (non-hydrogen) atoms. The number of benzene rings is 2. The van der Waals surface area contributed by atoms with Gasteiger partial charge in [-0.3, -0.25) is 4.90 Å². The van der Waals surface area contributed by atoms with Crippen molar-refractivity contribution in [2.45, 2.75) is 24.3 Å². The number of ether oxygens (including phenoxy) is 2. The number of nitrogens with zero attached hydrogens (tertiary/aromatic N) is 3. The molecule has 4 rings (SSSR count). The Balaban J connectivity index is 1.26. The molecular formula is C25H34FN3O4S. The molecule has 9 heteroatoms. The molecule has 2 aromatic carbocycles. The van der Waals surface area contributed by atoms with Crippen molar-refractivity contribution in [1.29, 1.82) is 0 Å². The third kappa shape index (κ3) is 5.89. The summed E-state index contributed by atoms with van der Waals surface area (Å²) in [5.74, 6) is 1.12. The number of sulfonamides is 1. The van der Waals surface area contributed by atoms with Crippen molar-refractivity contribution in [3.05, 3.63) is 53.8 Å². The maximum atomic E-state index is 13.3. The molecule has 0 amide bonds. The van der Waals surface area contributed by atoms with E-state index >= 15 is 0 Å². The van der Waals surface area contributed by atoms with Crippen molar-refractivity contribution in [2.24, 2.45) is 5.92 Å². The van der Waals surface area contributed by atoms with Gasteiger partial charge in [0.2, 0.25) is 10.0 Å². The average molecular weight is 492 g/mol. The summed E-state index contributed by atoms with van der Waals surface area (Å²) >= 11 is 0. The number of hydrogen-bond donors (Lipinski definition) is 0. The van der Waals surface area contributed by atoms with Gasteiger partial charge in [0.05, 0.1) is 14.2 Å². The standard InChI is InChI=1S/C25H34FN3O4S/c1-32-23-7-8-24(33-2)25(17-23)34(30,31)29-11-9-21(10-12-29)19-28-15-13-27(14-16-28)18-20-3-5-22(26)6-4-20/h3-8,17,21H,9-16,18-19H2,1-2H3. The predicted octanol–water partition coefficient (Wildman–Crippen LogP) is 3.06. The van der Waals surface area contributed by atoms with E-state index in [1.165, 1.54) is 32.4 Å². The van der Waals surface area contributed by atoms with E-state index in [0.717, 1.165) is 57.7 Å². The van der Waals surface area contributed by atoms with Crippen LogP contribution in [0.15, 0.2) is 47.4 Å². The maximum Gasteiger partial charge on any atom is 0.246 e. The van der Waals surface area contributed by atoms with E-state index in [9.17, 15) is 12.8 Å². The van der Waals surface area contributed by atoms with E-state index in [-0.39, 0.29) is 10.7 Å². The second-order valence-corrected chi connectivity index (χ2v) is 11.0. The SMILES string of the molecule is COc1ccc(OC)c(S(=O)(=O)N2CCC(CN3CCN(Cc4ccc(F)cc4)CC3)CC2)c1. The molecule has 2 saturated heterocycles. The smallest absolute Gasteiger partial charge is 0.246 e. The highest BCUT2D eigenvalue weighted by atomic mass is 32.2. The molecule has 2 fully saturated rings. The molecule has 0 atom stereocenters. The van der Waals surface area contributed by atoms with E-state index in [1.807, 2.05) is 12.1 Å². The zero-order valence-electron chi connectivity index (χ0n) is 20.0. The van der Waals surface area contributed by atoms with Gasteiger partial charge in [-0.15, -0.1) is 0 Å². The summed E-state index contributed by atoms with van der Waals surface area (Å²) in [6.45, 7) is 6.84. The fourth-order valence-corrected chi connectivity index (χ4v) is 6.44. The van der Waals surface area contributed by atoms with Crippen LogP contribution in [0.5, 0.6) is 11.5 Å². The molecule has 0 radical (unpaired) electrons. The second-order valence-electron chi connectivity index (χ2n) is 9.07. The van der Waals surface area contributed by atoms with Crippen LogP contribution in [0.25, 0.3) is 0 Å². The summed E-state index contributed by atoms with van der Waals surface area (Å²) < 4.78 is 51.8. The highest BCUT2D eigenvalue weighted by molar-refractivity contribution is 7.89. The average Bonchev–Trinajstić information content (AvgIpc) is 2.86. The van der Waals surface area contributed by atoms with Crippen LogP contribution < -0.4 is 9.47 Å². The number of methoxy groups -OCH3 is 2. The molecule has 2 aliphatic rings. The first-order chi connectivity index (χ1) is 16.4. The van der Waals surface area contributed by atoms with Gasteiger partial charge in [-0.2, -0.15) is 4.31 Å². The van der Waals surface area contributed by atoms with Crippen LogP contribution in [0, 0.1) is 11.7 Å². The first kappa shape index (κ1) is 24.9. The number of piperidine rings is 1. The van der Waals surface area contributed by atoms with Gasteiger partial charge in [-0.25, -0.2) is 12.8 Å². The molecule has 2 aromatic rings. The lowest BCUT2D eigenvalue weighted by Gasteiger charge is -2.38. The van der Waals surface area contributed by atoms with Crippen molar-refractivity contribution in [3.8, 4) is 11.5 Å². The Morgan fingerprint density at radius 2 is 1.53 bits per heavy atom. The third-order valence-electron chi connectivity index (χ3n) is 6.86. The lowest BCUT2D eigenvalue weighted by molar-refractivity contribution is 0.102. The topological polar surface area (TPSA) is 62.3 Å². The van der Waals surface area contributed by atoms with Crippen LogP contribution in [0.1, 0.15) is 18.4 Å². The van der Waals surface area contributed by atoms with E-state index in [0.29, 0.717) is 30.5 Å². The molecule has 7 nitrogen and oxygen atoms in total. The largest absolute Gasteiger partial charge is 0.497 e. The molecule has 2 aliphatic heterocycles. The first-order valence-electron chi connectivity index (χ1n) is 11.8. The molecule has 2 heterocycles. The van der Waals surface area contributed by atoms with E-state index in [1.54, 1.807) is 16.4 Å². The van der Waals surface area contributed by atoms with Gasteiger partial charge in [-0.1, -0.05) is 12.1 Å². The minimum absolute atomic E-state index is 0.157. The molecule has 0 unspecified atom stereocenters. The van der Waals surface area contributed by atoms with Crippen molar-refractivity contribution < 1.29 is 22.3 Å². The summed E-state index contributed by atoms with van der Waals surface area (Å²) in [6.07, 6.45) is 1.70. The monoisotopic (exact) mass is 491 g/mol. The Morgan fingerprint density at radius 1 is 0.882 bits per heavy atom. The normalized spacial score (nSPS) is 19.3. The Hall–Kier alpha value is -2.20. The summed E-state index contributed by atoms with van der Waals surface area (Å²) in [4.78, 5) is 5.05. The minimum Gasteiger partial charge on any atom is -0.497 e. The van der Waals surface area contributed by atoms with E-state index in [4.69, 9.17) is 9.47 Å². The van der Waals surface area contributed by atoms with Crippen LogP contribution in [0.2, 0.25) is 0 Å². The maximum absolute atomic E-state index is 13.3. The molecular weight excluding hydrogens is 457 g/mol. The first-order valence-corrected chi connectivity index (χ1v) is 13.2. The summed E-state index contributed by atoms with van der Waals surface area (Å²) in [6, 6.07) is 11.6. The Labute approximate surface area is 202 Å². The summed E-state index contributed by atoms with van der Waals surface area (Å²) in [5.41, 5.74) is 1.14. The third-order valence-corrected chi connectivity index (χ3v) is 8.78. The lowest BCUT2D eigenvalue weighted by atomic mass is 9.97. The molecule has 0 aliphatic carbocycles. The number of halogens is 1. The minimum atomic E-state index is -3.65. The fourth-order valence-electron chi connectivity index (χ4n) is 4.80. The summed E-state index contributed by atoms with van der Waals surface area (Å²) in [7, 11) is -0.650. The number of hydrogen-bond acceptors (Lipinski definition) is 6. The Kier molecular flexibility index (Phi) is 8.08. The van der Waals surface area contributed by atoms with Crippen LogP contribution in [-0.4, -0.2) is 82.6 Å². The molecule has 0 spiro atoms. The number of rotatable bonds is 8. The predicted molar refractivity (Wildman–Crippen MR) is 129 cm³/mol. The molecule has 0 aromatic heterocycles. The van der Waals surface area contributed by atoms with Crippen molar-refractivity contribution >= 4 is 10.0 Å². The molecule has 0 bridgehead atoms. The van der Waals surface area contributed by atoms with Crippen molar-refractivity contribution in [3.63, 3.8) is 0 Å². The van der Waals surface area contributed by atoms with Gasteiger partial charge in [-0.05, 0) is 48.6 Å². The van der Waals surface area contributed by atoms with Gasteiger partial charge in [0, 0.05) is 58.4 Å². The van der Waals surface area contributed by atoms with Gasteiger partial charge in [0.15, 0.2) is 0 Å². The van der Waals surface area contributed by atoms with Gasteiger partial charge in [0.1, 0.15) is 22.2 Å². The highest BCUT2D eigenvalue weighted by Crippen LogP contribution is 2.32. The second kappa shape index (κ2) is 11.0. The van der Waals surface area contributed by atoms with E-state index < -0.39 is 10.0 Å². The molecule has 186 valence electrons. The van der Waals surface area contributed by atoms with Crippen LogP contribution in [0.3, 0.4) is 0 Å². The van der Waals surface area contributed by atoms with Crippen LogP contribution in [0.4, 0.5) is 4.39 Å². The molecule has 0 saturated carbocycles. The Morgan fingerprint density at radius 3 is 2.15 bits per heavy atom. The van der Waals surface area contributed by atoms with Crippen molar-refractivity contribution in [2.75, 3.05) is 60.0 Å². The van der Waals surface area contributed by atoms with Crippen LogP contribution >= 0.6 is 0 Å². The molecule has 0 N–H and O–H groups in total. The highest BCUT2D eigenvalue weighted by Gasteiger charge is 2.32. The quantitative estimate of drug-likeness (QED) is 0.566. The van der Waals surface area contributed by atoms with Crippen molar-refractivity contribution in [1.82, 2.24) is 14.1 Å². The van der Waals surface area contributed by atoms with Gasteiger partial charge in [0.25, 0.3) is 0 Å². The van der Waals surface area contributed by atoms with E-state index in [2.05, 4.69) is 9.80 Å². The van der Waals surface area contributed by atoms with Gasteiger partial charge < -0.3 is 14.4 Å². The van der Waals surface area contributed by atoms with Crippen LogP contribution in [-0.2, 0) is 16.6 Å². The fraction of sp³-hybridized carbons (Fsp3) is 0.520. The lowest BCUT2D eigenvalue weighted by Crippen LogP contribution is -2.48.